The van der Waals surface area contributed by atoms with Crippen LogP contribution in [0.2, 0.25) is 10.0 Å². The Bertz CT molecular complexity index is 1320. The predicted octanol–water partition coefficient (Wildman–Crippen LogP) is 4.55. The second kappa shape index (κ2) is 11.9. The van der Waals surface area contributed by atoms with Crippen molar-refractivity contribution in [2.45, 2.75) is 55.4 Å². The van der Waals surface area contributed by atoms with Crippen molar-refractivity contribution in [1.82, 2.24) is 9.62 Å². The van der Waals surface area contributed by atoms with Crippen LogP contribution in [0.1, 0.15) is 39.5 Å². The second-order valence-electron chi connectivity index (χ2n) is 9.81. The van der Waals surface area contributed by atoms with Crippen molar-refractivity contribution in [1.29, 1.82) is 0 Å². The number of nitrogens with one attached hydrogen (secondary N) is 1. The van der Waals surface area contributed by atoms with Crippen molar-refractivity contribution in [2.24, 2.45) is 5.41 Å². The summed E-state index contributed by atoms with van der Waals surface area (Å²) in [7, 11) is -7.16. The van der Waals surface area contributed by atoms with Crippen LogP contribution in [0.15, 0.2) is 52.3 Å². The molecular weight excluding hydrogens is 559 g/mol. The molecule has 0 saturated carbocycles. The number of rotatable bonds is 10. The van der Waals surface area contributed by atoms with Gasteiger partial charge in [-0.15, -0.1) is 0 Å². The maximum absolute atomic E-state index is 13.0. The fourth-order valence-corrected chi connectivity index (χ4v) is 6.46. The van der Waals surface area contributed by atoms with Crippen molar-refractivity contribution in [3.8, 4) is 5.75 Å². The van der Waals surface area contributed by atoms with Gasteiger partial charge in [0.1, 0.15) is 5.75 Å². The molecule has 1 N–H and O–H groups in total. The summed E-state index contributed by atoms with van der Waals surface area (Å²) >= 11 is 12.1. The van der Waals surface area contributed by atoms with Crippen LogP contribution in [0.3, 0.4) is 0 Å². The summed E-state index contributed by atoms with van der Waals surface area (Å²) in [6.07, 6.45) is 3.27. The van der Waals surface area contributed by atoms with Crippen LogP contribution < -0.4 is 10.1 Å². The van der Waals surface area contributed by atoms with E-state index in [1.54, 1.807) is 18.2 Å². The van der Waals surface area contributed by atoms with Gasteiger partial charge in [-0.25, -0.2) is 16.8 Å². The van der Waals surface area contributed by atoms with E-state index < -0.39 is 25.3 Å². The van der Waals surface area contributed by atoms with Crippen LogP contribution in [-0.4, -0.2) is 59.0 Å². The van der Waals surface area contributed by atoms with Gasteiger partial charge in [-0.2, -0.15) is 4.31 Å². The summed E-state index contributed by atoms with van der Waals surface area (Å²) in [4.78, 5) is 13.0. The lowest BCUT2D eigenvalue weighted by Crippen LogP contribution is -2.49. The number of halogens is 2. The average Bonchev–Trinajstić information content (AvgIpc) is 2.83. The number of benzene rings is 2. The molecule has 0 aliphatic carbocycles. The molecule has 0 radical (unpaired) electrons. The number of amides is 1. The molecule has 12 heteroatoms. The van der Waals surface area contributed by atoms with Gasteiger partial charge in [0.25, 0.3) is 0 Å². The minimum Gasteiger partial charge on any atom is -0.492 e. The highest BCUT2D eigenvalue weighted by Crippen LogP contribution is 2.29. The molecule has 2 aromatic carbocycles. The third-order valence-corrected chi connectivity index (χ3v) is 9.98. The number of piperidine rings is 1. The molecule has 0 aromatic heterocycles. The van der Waals surface area contributed by atoms with Crippen LogP contribution in [-0.2, 0) is 24.7 Å². The average molecular weight is 592 g/mol. The lowest BCUT2D eigenvalue weighted by Gasteiger charge is -2.34. The Morgan fingerprint density at radius 1 is 1.03 bits per heavy atom. The zero-order valence-corrected chi connectivity index (χ0v) is 24.2. The molecule has 1 fully saturated rings. The van der Waals surface area contributed by atoms with Crippen molar-refractivity contribution >= 4 is 49.0 Å². The van der Waals surface area contributed by atoms with E-state index in [0.29, 0.717) is 48.1 Å². The van der Waals surface area contributed by atoms with E-state index in [0.717, 1.165) is 6.26 Å². The SMILES string of the molecule is CC(C)(CCCOc1cc(Cl)ccc1Cl)C(=O)NC1CCN(S(=O)(=O)c2ccc(S(C)(=O)=O)cc2)CC1. The molecule has 2 aromatic rings. The van der Waals surface area contributed by atoms with E-state index in [4.69, 9.17) is 27.9 Å². The fraction of sp³-hybridized carbons (Fsp3) is 0.480. The molecule has 1 heterocycles. The Labute approximate surface area is 229 Å². The van der Waals surface area contributed by atoms with E-state index in [1.807, 2.05) is 13.8 Å². The number of carbonyl (C=O) groups is 1. The molecule has 0 unspecified atom stereocenters. The van der Waals surface area contributed by atoms with E-state index >= 15 is 0 Å². The van der Waals surface area contributed by atoms with Gasteiger partial charge in [0.2, 0.25) is 15.9 Å². The van der Waals surface area contributed by atoms with Crippen molar-refractivity contribution in [2.75, 3.05) is 26.0 Å². The molecular formula is C25H32Cl2N2O6S2. The number of sulfone groups is 1. The molecule has 8 nitrogen and oxygen atoms in total. The molecule has 0 bridgehead atoms. The predicted molar refractivity (Wildman–Crippen MR) is 144 cm³/mol. The zero-order chi connectivity index (χ0) is 27.4. The van der Waals surface area contributed by atoms with Gasteiger partial charge in [-0.05, 0) is 62.1 Å². The standard InChI is InChI=1S/C25H32Cl2N2O6S2/c1-25(2,13-4-16-35-23-17-18(26)5-10-22(23)27)24(30)28-19-11-14-29(15-12-19)37(33,34)21-8-6-20(7-9-21)36(3,31)32/h5-10,17,19H,4,11-16H2,1-3H3,(H,28,30). The number of hydrogen-bond acceptors (Lipinski definition) is 6. The molecule has 1 aliphatic rings. The molecule has 37 heavy (non-hydrogen) atoms. The first-order chi connectivity index (χ1) is 17.2. The highest BCUT2D eigenvalue weighted by atomic mass is 35.5. The monoisotopic (exact) mass is 590 g/mol. The molecule has 1 aliphatic heterocycles. The number of sulfonamides is 1. The summed E-state index contributed by atoms with van der Waals surface area (Å²) in [5, 5.41) is 4.07. The number of ether oxygens (including phenoxy) is 1. The van der Waals surface area contributed by atoms with E-state index in [2.05, 4.69) is 5.32 Å². The first kappa shape index (κ1) is 29.7. The summed E-state index contributed by atoms with van der Waals surface area (Å²) in [5.41, 5.74) is -0.633. The molecule has 3 rings (SSSR count). The number of nitrogens with zero attached hydrogens (tertiary/aromatic N) is 1. The van der Waals surface area contributed by atoms with Gasteiger partial charge in [0, 0.05) is 41.9 Å². The molecule has 204 valence electrons. The van der Waals surface area contributed by atoms with Gasteiger partial charge in [-0.1, -0.05) is 37.0 Å². The minimum absolute atomic E-state index is 0.0461. The first-order valence-electron chi connectivity index (χ1n) is 11.9. The van der Waals surface area contributed by atoms with Crippen LogP contribution in [0, 0.1) is 5.41 Å². The highest BCUT2D eigenvalue weighted by molar-refractivity contribution is 7.90. The van der Waals surface area contributed by atoms with Gasteiger partial charge in [0.05, 0.1) is 21.4 Å². The normalized spacial score (nSPS) is 15.9. The van der Waals surface area contributed by atoms with Gasteiger partial charge < -0.3 is 10.1 Å². The quantitative estimate of drug-likeness (QED) is 0.406. The van der Waals surface area contributed by atoms with Crippen molar-refractivity contribution < 1.29 is 26.4 Å². The van der Waals surface area contributed by atoms with E-state index in [9.17, 15) is 21.6 Å². The molecule has 1 saturated heterocycles. The Morgan fingerprint density at radius 3 is 2.22 bits per heavy atom. The Balaban J connectivity index is 1.48. The smallest absolute Gasteiger partial charge is 0.243 e. The topological polar surface area (TPSA) is 110 Å². The lowest BCUT2D eigenvalue weighted by atomic mass is 9.86. The largest absolute Gasteiger partial charge is 0.492 e. The Hall–Kier alpha value is -1.85. The first-order valence-corrected chi connectivity index (χ1v) is 16.0. The number of hydrogen-bond donors (Lipinski definition) is 1. The lowest BCUT2D eigenvalue weighted by molar-refractivity contribution is -0.130. The van der Waals surface area contributed by atoms with E-state index in [-0.39, 0.29) is 34.8 Å². The fourth-order valence-electron chi connectivity index (χ4n) is 4.03. The van der Waals surface area contributed by atoms with Gasteiger partial charge >= 0.3 is 0 Å². The Morgan fingerprint density at radius 2 is 1.62 bits per heavy atom. The van der Waals surface area contributed by atoms with Crippen LogP contribution >= 0.6 is 23.2 Å². The Kier molecular flexibility index (Phi) is 9.56. The maximum Gasteiger partial charge on any atom is 0.243 e. The van der Waals surface area contributed by atoms with Gasteiger partial charge in [-0.3, -0.25) is 4.79 Å². The summed E-state index contributed by atoms with van der Waals surface area (Å²) in [5.74, 6) is 0.412. The van der Waals surface area contributed by atoms with Crippen LogP contribution in [0.25, 0.3) is 0 Å². The molecule has 0 spiro atoms. The third kappa shape index (κ3) is 7.83. The maximum atomic E-state index is 13.0. The van der Waals surface area contributed by atoms with Crippen LogP contribution in [0.4, 0.5) is 0 Å². The van der Waals surface area contributed by atoms with Gasteiger partial charge in [0.15, 0.2) is 9.84 Å². The molecule has 0 atom stereocenters. The number of carbonyl (C=O) groups excluding carboxylic acids is 1. The highest BCUT2D eigenvalue weighted by Gasteiger charge is 2.33. The van der Waals surface area contributed by atoms with Crippen molar-refractivity contribution in [3.63, 3.8) is 0 Å². The zero-order valence-electron chi connectivity index (χ0n) is 21.0. The summed E-state index contributed by atoms with van der Waals surface area (Å²) in [6, 6.07) is 10.1. The molecule has 1 amide bonds. The van der Waals surface area contributed by atoms with E-state index in [1.165, 1.54) is 28.6 Å². The summed E-state index contributed by atoms with van der Waals surface area (Å²) in [6.45, 7) is 4.65. The van der Waals surface area contributed by atoms with Crippen LogP contribution in [0.5, 0.6) is 5.75 Å². The second-order valence-corrected chi connectivity index (χ2v) is 14.6. The summed E-state index contributed by atoms with van der Waals surface area (Å²) < 4.78 is 56.3. The minimum atomic E-state index is -3.75. The third-order valence-electron chi connectivity index (χ3n) is 6.39. The van der Waals surface area contributed by atoms with Crippen molar-refractivity contribution in [3.05, 3.63) is 52.5 Å².